The lowest BCUT2D eigenvalue weighted by molar-refractivity contribution is -0.152. The summed E-state index contributed by atoms with van der Waals surface area (Å²) in [6.07, 6.45) is 1.55. The summed E-state index contributed by atoms with van der Waals surface area (Å²) in [5.74, 6) is 0.0413. The summed E-state index contributed by atoms with van der Waals surface area (Å²) < 4.78 is 0. The number of nitrogens with one attached hydrogen (secondary N) is 1. The fraction of sp³-hybridized carbons (Fsp3) is 0.867. The first-order valence-electron chi connectivity index (χ1n) is 7.44. The third-order valence-electron chi connectivity index (χ3n) is 3.75. The van der Waals surface area contributed by atoms with Gasteiger partial charge in [-0.25, -0.2) is 0 Å². The molecule has 1 aliphatic heterocycles. The zero-order valence-electron chi connectivity index (χ0n) is 13.7. The SMILES string of the molecule is CCC1C(=O)NC(C(C)(C)C)C(=O)N1CCCN(C)C. The minimum atomic E-state index is -0.419. The molecule has 0 aromatic rings. The largest absolute Gasteiger partial charge is 0.342 e. The van der Waals surface area contributed by atoms with E-state index in [1.807, 2.05) is 41.8 Å². The monoisotopic (exact) mass is 283 g/mol. The van der Waals surface area contributed by atoms with Gasteiger partial charge in [0, 0.05) is 6.54 Å². The Morgan fingerprint density at radius 2 is 1.85 bits per heavy atom. The molecule has 1 aliphatic rings. The number of hydrogen-bond acceptors (Lipinski definition) is 3. The van der Waals surface area contributed by atoms with Crippen molar-refractivity contribution in [1.82, 2.24) is 15.1 Å². The van der Waals surface area contributed by atoms with Gasteiger partial charge in [0.2, 0.25) is 11.8 Å². The standard InChI is InChI=1S/C15H29N3O2/c1-7-11-13(19)16-12(15(2,3)4)14(20)18(11)10-8-9-17(5)6/h11-12H,7-10H2,1-6H3,(H,16,19). The molecule has 0 saturated carbocycles. The molecule has 1 heterocycles. The highest BCUT2D eigenvalue weighted by molar-refractivity contribution is 5.97. The highest BCUT2D eigenvalue weighted by atomic mass is 16.2. The van der Waals surface area contributed by atoms with Gasteiger partial charge in [-0.15, -0.1) is 0 Å². The number of carbonyl (C=O) groups is 2. The van der Waals surface area contributed by atoms with Crippen LogP contribution in [0.3, 0.4) is 0 Å². The van der Waals surface area contributed by atoms with E-state index in [0.29, 0.717) is 13.0 Å². The minimum absolute atomic E-state index is 0.0168. The van der Waals surface area contributed by atoms with Crippen molar-refractivity contribution < 1.29 is 9.59 Å². The Bertz CT molecular complexity index is 361. The summed E-state index contributed by atoms with van der Waals surface area (Å²) in [5.41, 5.74) is -0.259. The first-order valence-corrected chi connectivity index (χ1v) is 7.44. The second-order valence-corrected chi connectivity index (χ2v) is 6.92. The molecule has 0 aromatic carbocycles. The molecule has 1 saturated heterocycles. The van der Waals surface area contributed by atoms with Crippen LogP contribution in [0.2, 0.25) is 0 Å². The highest BCUT2D eigenvalue weighted by Crippen LogP contribution is 2.26. The smallest absolute Gasteiger partial charge is 0.246 e. The average Bonchev–Trinajstić information content (AvgIpc) is 2.31. The van der Waals surface area contributed by atoms with E-state index in [1.165, 1.54) is 0 Å². The van der Waals surface area contributed by atoms with Crippen LogP contribution in [0.5, 0.6) is 0 Å². The molecule has 20 heavy (non-hydrogen) atoms. The molecular weight excluding hydrogens is 254 g/mol. The van der Waals surface area contributed by atoms with Crippen LogP contribution in [0.4, 0.5) is 0 Å². The molecule has 0 aromatic heterocycles. The molecular formula is C15H29N3O2. The Morgan fingerprint density at radius 1 is 1.25 bits per heavy atom. The fourth-order valence-electron chi connectivity index (χ4n) is 2.58. The van der Waals surface area contributed by atoms with Crippen LogP contribution in [0.25, 0.3) is 0 Å². The summed E-state index contributed by atoms with van der Waals surface area (Å²) in [6.45, 7) is 9.48. The molecule has 116 valence electrons. The molecule has 0 bridgehead atoms. The van der Waals surface area contributed by atoms with E-state index >= 15 is 0 Å². The number of rotatable bonds is 5. The van der Waals surface area contributed by atoms with E-state index in [4.69, 9.17) is 0 Å². The van der Waals surface area contributed by atoms with Crippen molar-refractivity contribution in [2.45, 2.75) is 52.6 Å². The van der Waals surface area contributed by atoms with E-state index in [1.54, 1.807) is 4.90 Å². The normalized spacial score (nSPS) is 24.2. The number of carbonyl (C=O) groups excluding carboxylic acids is 2. The predicted molar refractivity (Wildman–Crippen MR) is 80.3 cm³/mol. The van der Waals surface area contributed by atoms with Gasteiger partial charge in [0.25, 0.3) is 0 Å². The Labute approximate surface area is 122 Å². The molecule has 1 fully saturated rings. The van der Waals surface area contributed by atoms with Crippen molar-refractivity contribution in [3.8, 4) is 0 Å². The van der Waals surface area contributed by atoms with E-state index in [-0.39, 0.29) is 23.3 Å². The molecule has 0 spiro atoms. The Balaban J connectivity index is 2.84. The van der Waals surface area contributed by atoms with Crippen molar-refractivity contribution in [2.24, 2.45) is 5.41 Å². The Hall–Kier alpha value is -1.10. The van der Waals surface area contributed by atoms with Gasteiger partial charge in [-0.1, -0.05) is 27.7 Å². The lowest BCUT2D eigenvalue weighted by Gasteiger charge is -2.43. The topological polar surface area (TPSA) is 52.7 Å². The Kier molecular flexibility index (Phi) is 5.57. The van der Waals surface area contributed by atoms with Gasteiger partial charge in [0.1, 0.15) is 12.1 Å². The number of hydrogen-bond donors (Lipinski definition) is 1. The molecule has 5 nitrogen and oxygen atoms in total. The van der Waals surface area contributed by atoms with Crippen LogP contribution in [0.1, 0.15) is 40.5 Å². The van der Waals surface area contributed by atoms with Gasteiger partial charge in [-0.05, 0) is 38.9 Å². The van der Waals surface area contributed by atoms with Gasteiger partial charge in [-0.3, -0.25) is 9.59 Å². The summed E-state index contributed by atoms with van der Waals surface area (Å²) in [7, 11) is 4.03. The van der Waals surface area contributed by atoms with Crippen LogP contribution in [0, 0.1) is 5.41 Å². The molecule has 0 aliphatic carbocycles. The minimum Gasteiger partial charge on any atom is -0.342 e. The van der Waals surface area contributed by atoms with Gasteiger partial charge in [-0.2, -0.15) is 0 Å². The summed E-state index contributed by atoms with van der Waals surface area (Å²) in [4.78, 5) is 28.8. The molecule has 5 heteroatoms. The maximum absolute atomic E-state index is 12.7. The molecule has 2 amide bonds. The van der Waals surface area contributed by atoms with Gasteiger partial charge < -0.3 is 15.1 Å². The zero-order valence-corrected chi connectivity index (χ0v) is 13.7. The second-order valence-electron chi connectivity index (χ2n) is 6.92. The third kappa shape index (κ3) is 3.95. The van der Waals surface area contributed by atoms with Gasteiger partial charge in [0.05, 0.1) is 0 Å². The van der Waals surface area contributed by atoms with Gasteiger partial charge in [0.15, 0.2) is 0 Å². The van der Waals surface area contributed by atoms with Crippen molar-refractivity contribution in [1.29, 1.82) is 0 Å². The number of amides is 2. The van der Waals surface area contributed by atoms with Crippen LogP contribution in [-0.2, 0) is 9.59 Å². The predicted octanol–water partition coefficient (Wildman–Crippen LogP) is 1.09. The summed E-state index contributed by atoms with van der Waals surface area (Å²) in [6, 6.07) is -0.736. The number of nitrogens with zero attached hydrogens (tertiary/aromatic N) is 2. The van der Waals surface area contributed by atoms with Crippen molar-refractivity contribution in [3.05, 3.63) is 0 Å². The first-order chi connectivity index (χ1) is 9.18. The highest BCUT2D eigenvalue weighted by Gasteiger charge is 2.44. The fourth-order valence-corrected chi connectivity index (χ4v) is 2.58. The quantitative estimate of drug-likeness (QED) is 0.822. The van der Waals surface area contributed by atoms with Crippen molar-refractivity contribution in [3.63, 3.8) is 0 Å². The van der Waals surface area contributed by atoms with E-state index in [0.717, 1.165) is 13.0 Å². The Morgan fingerprint density at radius 3 is 2.30 bits per heavy atom. The van der Waals surface area contributed by atoms with Gasteiger partial charge >= 0.3 is 0 Å². The molecule has 1 N–H and O–H groups in total. The summed E-state index contributed by atoms with van der Waals surface area (Å²) >= 11 is 0. The van der Waals surface area contributed by atoms with Crippen LogP contribution in [0.15, 0.2) is 0 Å². The van der Waals surface area contributed by atoms with E-state index < -0.39 is 6.04 Å². The maximum atomic E-state index is 12.7. The zero-order chi connectivity index (χ0) is 15.5. The van der Waals surface area contributed by atoms with Crippen LogP contribution in [-0.4, -0.2) is 60.9 Å². The van der Waals surface area contributed by atoms with E-state index in [2.05, 4.69) is 10.2 Å². The maximum Gasteiger partial charge on any atom is 0.246 e. The molecule has 2 atom stereocenters. The van der Waals surface area contributed by atoms with Crippen molar-refractivity contribution >= 4 is 11.8 Å². The van der Waals surface area contributed by atoms with Crippen LogP contribution >= 0.6 is 0 Å². The molecule has 2 unspecified atom stereocenters. The molecule has 1 rings (SSSR count). The number of piperazine rings is 1. The average molecular weight is 283 g/mol. The molecule has 0 radical (unpaired) electrons. The van der Waals surface area contributed by atoms with Crippen LogP contribution < -0.4 is 5.32 Å². The second kappa shape index (κ2) is 6.57. The summed E-state index contributed by atoms with van der Waals surface area (Å²) in [5, 5.41) is 2.90. The lowest BCUT2D eigenvalue weighted by atomic mass is 9.83. The van der Waals surface area contributed by atoms with Crippen molar-refractivity contribution in [2.75, 3.05) is 27.2 Å². The third-order valence-corrected chi connectivity index (χ3v) is 3.75. The first kappa shape index (κ1) is 17.0. The van der Waals surface area contributed by atoms with E-state index in [9.17, 15) is 9.59 Å². The lowest BCUT2D eigenvalue weighted by Crippen LogP contribution is -2.66.